The molecule has 5 heteroatoms. The van der Waals surface area contributed by atoms with Crippen molar-refractivity contribution in [3.8, 4) is 17.2 Å². The third kappa shape index (κ3) is 4.55. The average molecular weight is 378 g/mol. The second kappa shape index (κ2) is 9.13. The van der Waals surface area contributed by atoms with E-state index in [4.69, 9.17) is 9.47 Å². The van der Waals surface area contributed by atoms with Gasteiger partial charge in [-0.05, 0) is 54.4 Å². The second-order valence-electron chi connectivity index (χ2n) is 6.53. The molecule has 0 unspecified atom stereocenters. The van der Waals surface area contributed by atoms with Crippen LogP contribution in [0.3, 0.4) is 0 Å². The molecule has 0 aliphatic carbocycles. The van der Waals surface area contributed by atoms with Gasteiger partial charge in [0.05, 0.1) is 20.6 Å². The van der Waals surface area contributed by atoms with E-state index in [0.717, 1.165) is 16.8 Å². The molecule has 1 aromatic heterocycles. The molecule has 0 saturated carbocycles. The zero-order chi connectivity index (χ0) is 19.9. The van der Waals surface area contributed by atoms with Crippen molar-refractivity contribution in [2.75, 3.05) is 20.8 Å². The smallest absolute Gasteiger partial charge is 0.227 e. The third-order valence-electron chi connectivity index (χ3n) is 4.75. The van der Waals surface area contributed by atoms with Crippen molar-refractivity contribution in [1.29, 1.82) is 0 Å². The summed E-state index contributed by atoms with van der Waals surface area (Å²) in [6, 6.07) is 17.8. The molecule has 0 bridgehead atoms. The predicted octanol–water partition coefficient (Wildman–Crippen LogP) is 4.09. The Morgan fingerprint density at radius 2 is 1.57 bits per heavy atom. The summed E-state index contributed by atoms with van der Waals surface area (Å²) in [5, 5.41) is 0. The van der Waals surface area contributed by atoms with Crippen LogP contribution in [0.25, 0.3) is 5.69 Å². The molecule has 0 saturated heterocycles. The summed E-state index contributed by atoms with van der Waals surface area (Å²) in [7, 11) is 3.22. The number of carbonyl (C=O) groups excluding carboxylic acids is 1. The zero-order valence-corrected chi connectivity index (χ0v) is 16.6. The standard InChI is InChI=1S/C23H26N2O3/c1-4-24(17-19-9-12-21(27-2)22(15-19)28-3)23(26)16-18-7-10-20(11-8-18)25-13-5-6-14-25/h5-15H,4,16-17H2,1-3H3. The molecule has 0 aliphatic rings. The number of aromatic nitrogens is 1. The fraction of sp³-hybridized carbons (Fsp3) is 0.261. The lowest BCUT2D eigenvalue weighted by atomic mass is 10.1. The van der Waals surface area contributed by atoms with Gasteiger partial charge in [-0.1, -0.05) is 18.2 Å². The topological polar surface area (TPSA) is 43.7 Å². The molecule has 0 atom stereocenters. The van der Waals surface area contributed by atoms with Gasteiger partial charge in [0.2, 0.25) is 5.91 Å². The van der Waals surface area contributed by atoms with Gasteiger partial charge in [0.25, 0.3) is 0 Å². The van der Waals surface area contributed by atoms with Crippen LogP contribution in [0.1, 0.15) is 18.1 Å². The minimum absolute atomic E-state index is 0.103. The van der Waals surface area contributed by atoms with E-state index >= 15 is 0 Å². The van der Waals surface area contributed by atoms with Crippen molar-refractivity contribution < 1.29 is 14.3 Å². The van der Waals surface area contributed by atoms with Crippen LogP contribution in [0.5, 0.6) is 11.5 Å². The fourth-order valence-electron chi connectivity index (χ4n) is 3.15. The molecule has 0 radical (unpaired) electrons. The maximum absolute atomic E-state index is 12.8. The lowest BCUT2D eigenvalue weighted by molar-refractivity contribution is -0.130. The van der Waals surface area contributed by atoms with Crippen LogP contribution in [0.2, 0.25) is 0 Å². The Bertz CT molecular complexity index is 902. The molecule has 1 heterocycles. The van der Waals surface area contributed by atoms with Gasteiger partial charge >= 0.3 is 0 Å². The number of benzene rings is 2. The van der Waals surface area contributed by atoms with Crippen molar-refractivity contribution in [2.45, 2.75) is 19.9 Å². The molecule has 0 fully saturated rings. The third-order valence-corrected chi connectivity index (χ3v) is 4.75. The minimum atomic E-state index is 0.103. The summed E-state index contributed by atoms with van der Waals surface area (Å²) in [5.74, 6) is 1.46. The van der Waals surface area contributed by atoms with E-state index in [1.807, 2.05) is 83.4 Å². The van der Waals surface area contributed by atoms with Crippen LogP contribution in [-0.4, -0.2) is 36.1 Å². The van der Waals surface area contributed by atoms with Crippen LogP contribution in [0.15, 0.2) is 67.0 Å². The normalized spacial score (nSPS) is 10.5. The number of hydrogen-bond donors (Lipinski definition) is 0. The lowest BCUT2D eigenvalue weighted by Crippen LogP contribution is -2.31. The van der Waals surface area contributed by atoms with E-state index < -0.39 is 0 Å². The number of rotatable bonds is 8. The number of hydrogen-bond acceptors (Lipinski definition) is 3. The molecule has 5 nitrogen and oxygen atoms in total. The van der Waals surface area contributed by atoms with Gasteiger partial charge in [0.15, 0.2) is 11.5 Å². The van der Waals surface area contributed by atoms with Crippen molar-refractivity contribution in [3.05, 3.63) is 78.1 Å². The van der Waals surface area contributed by atoms with Gasteiger partial charge in [-0.15, -0.1) is 0 Å². The highest BCUT2D eigenvalue weighted by molar-refractivity contribution is 5.78. The molecular weight excluding hydrogens is 352 g/mol. The summed E-state index contributed by atoms with van der Waals surface area (Å²) in [4.78, 5) is 14.7. The first-order valence-electron chi connectivity index (χ1n) is 9.35. The second-order valence-corrected chi connectivity index (χ2v) is 6.53. The first-order valence-corrected chi connectivity index (χ1v) is 9.35. The monoisotopic (exact) mass is 378 g/mol. The molecule has 2 aromatic carbocycles. The molecule has 3 rings (SSSR count). The van der Waals surface area contributed by atoms with E-state index in [1.165, 1.54) is 0 Å². The number of carbonyl (C=O) groups is 1. The maximum Gasteiger partial charge on any atom is 0.227 e. The first kappa shape index (κ1) is 19.5. The number of methoxy groups -OCH3 is 2. The molecule has 146 valence electrons. The van der Waals surface area contributed by atoms with Gasteiger partial charge in [0, 0.05) is 31.2 Å². The van der Waals surface area contributed by atoms with Crippen molar-refractivity contribution in [2.24, 2.45) is 0 Å². The average Bonchev–Trinajstić information content (AvgIpc) is 3.27. The highest BCUT2D eigenvalue weighted by atomic mass is 16.5. The van der Waals surface area contributed by atoms with Crippen LogP contribution >= 0.6 is 0 Å². The quantitative estimate of drug-likeness (QED) is 0.593. The number of ether oxygens (including phenoxy) is 2. The number of amides is 1. The van der Waals surface area contributed by atoms with Gasteiger partial charge in [0.1, 0.15) is 0 Å². The van der Waals surface area contributed by atoms with Crippen molar-refractivity contribution in [3.63, 3.8) is 0 Å². The van der Waals surface area contributed by atoms with Crippen molar-refractivity contribution >= 4 is 5.91 Å². The Hall–Kier alpha value is -3.21. The molecule has 0 N–H and O–H groups in total. The van der Waals surface area contributed by atoms with Crippen LogP contribution < -0.4 is 9.47 Å². The van der Waals surface area contributed by atoms with E-state index in [9.17, 15) is 4.79 Å². The number of likely N-dealkylation sites (N-methyl/N-ethyl adjacent to an activating group) is 1. The molecular formula is C23H26N2O3. The zero-order valence-electron chi connectivity index (χ0n) is 16.6. The predicted molar refractivity (Wildman–Crippen MR) is 110 cm³/mol. The van der Waals surface area contributed by atoms with E-state index in [0.29, 0.717) is 31.0 Å². The van der Waals surface area contributed by atoms with Gasteiger partial charge in [-0.2, -0.15) is 0 Å². The van der Waals surface area contributed by atoms with Gasteiger partial charge in [-0.25, -0.2) is 0 Å². The number of nitrogens with zero attached hydrogens (tertiary/aromatic N) is 2. The SMILES string of the molecule is CCN(Cc1ccc(OC)c(OC)c1)C(=O)Cc1ccc(-n2cccc2)cc1. The Labute approximate surface area is 166 Å². The Morgan fingerprint density at radius 3 is 2.18 bits per heavy atom. The summed E-state index contributed by atoms with van der Waals surface area (Å²) in [5.41, 5.74) is 3.10. The minimum Gasteiger partial charge on any atom is -0.493 e. The summed E-state index contributed by atoms with van der Waals surface area (Å²) in [6.45, 7) is 3.18. The highest BCUT2D eigenvalue weighted by Gasteiger charge is 2.14. The van der Waals surface area contributed by atoms with E-state index in [1.54, 1.807) is 14.2 Å². The molecule has 3 aromatic rings. The fourth-order valence-corrected chi connectivity index (χ4v) is 3.15. The highest BCUT2D eigenvalue weighted by Crippen LogP contribution is 2.28. The molecule has 1 amide bonds. The van der Waals surface area contributed by atoms with Gasteiger partial charge in [-0.3, -0.25) is 4.79 Å². The van der Waals surface area contributed by atoms with E-state index in [2.05, 4.69) is 0 Å². The first-order chi connectivity index (χ1) is 13.6. The lowest BCUT2D eigenvalue weighted by Gasteiger charge is -2.22. The Kier molecular flexibility index (Phi) is 6.37. The Balaban J connectivity index is 1.66. The van der Waals surface area contributed by atoms with E-state index in [-0.39, 0.29) is 5.91 Å². The van der Waals surface area contributed by atoms with Gasteiger partial charge < -0.3 is 18.9 Å². The maximum atomic E-state index is 12.8. The van der Waals surface area contributed by atoms with Crippen LogP contribution in [0.4, 0.5) is 0 Å². The van der Waals surface area contributed by atoms with Crippen LogP contribution in [-0.2, 0) is 17.8 Å². The largest absolute Gasteiger partial charge is 0.493 e. The Morgan fingerprint density at radius 1 is 0.929 bits per heavy atom. The summed E-state index contributed by atoms with van der Waals surface area (Å²) >= 11 is 0. The molecule has 28 heavy (non-hydrogen) atoms. The summed E-state index contributed by atoms with van der Waals surface area (Å²) < 4.78 is 12.7. The molecule has 0 aliphatic heterocycles. The van der Waals surface area contributed by atoms with Crippen molar-refractivity contribution in [1.82, 2.24) is 9.47 Å². The molecule has 0 spiro atoms. The summed E-state index contributed by atoms with van der Waals surface area (Å²) in [6.07, 6.45) is 4.39. The van der Waals surface area contributed by atoms with Crippen LogP contribution in [0, 0.1) is 0 Å².